The van der Waals surface area contributed by atoms with Gasteiger partial charge in [0, 0.05) is 12.2 Å². The molecule has 0 aromatic carbocycles. The minimum Gasteiger partial charge on any atom is -0.338 e. The van der Waals surface area contributed by atoms with E-state index in [9.17, 15) is 4.79 Å². The summed E-state index contributed by atoms with van der Waals surface area (Å²) < 4.78 is 0. The zero-order valence-corrected chi connectivity index (χ0v) is 11.6. The van der Waals surface area contributed by atoms with Gasteiger partial charge in [-0.2, -0.15) is 0 Å². The molecule has 2 amide bonds. The van der Waals surface area contributed by atoms with Crippen LogP contribution in [0.15, 0.2) is 18.2 Å². The van der Waals surface area contributed by atoms with E-state index >= 15 is 0 Å². The van der Waals surface area contributed by atoms with Crippen LogP contribution in [0.1, 0.15) is 44.2 Å². The van der Waals surface area contributed by atoms with Crippen molar-refractivity contribution in [2.75, 3.05) is 11.9 Å². The summed E-state index contributed by atoms with van der Waals surface area (Å²) in [4.78, 5) is 15.9. The van der Waals surface area contributed by atoms with E-state index in [1.165, 1.54) is 32.1 Å². The third-order valence-corrected chi connectivity index (χ3v) is 3.69. The Morgan fingerprint density at radius 3 is 2.84 bits per heavy atom. The number of hydrogen-bond donors (Lipinski definition) is 2. The van der Waals surface area contributed by atoms with Crippen LogP contribution in [0, 0.1) is 12.8 Å². The molecule has 1 heterocycles. The van der Waals surface area contributed by atoms with Gasteiger partial charge in [-0.25, -0.2) is 9.78 Å². The number of hydrogen-bond acceptors (Lipinski definition) is 2. The van der Waals surface area contributed by atoms with Crippen molar-refractivity contribution in [2.45, 2.75) is 45.4 Å². The molecular formula is C15H23N3O. The maximum absolute atomic E-state index is 11.7. The highest BCUT2D eigenvalue weighted by Gasteiger charge is 2.13. The molecule has 1 aromatic rings. The van der Waals surface area contributed by atoms with Crippen molar-refractivity contribution >= 4 is 11.8 Å². The van der Waals surface area contributed by atoms with E-state index in [0.717, 1.165) is 24.6 Å². The quantitative estimate of drug-likeness (QED) is 0.871. The van der Waals surface area contributed by atoms with Crippen LogP contribution in [0.2, 0.25) is 0 Å². The van der Waals surface area contributed by atoms with Gasteiger partial charge in [0.1, 0.15) is 5.82 Å². The van der Waals surface area contributed by atoms with Gasteiger partial charge in [0.25, 0.3) is 0 Å². The van der Waals surface area contributed by atoms with Crippen LogP contribution in [-0.2, 0) is 0 Å². The Morgan fingerprint density at radius 1 is 1.32 bits per heavy atom. The Bertz CT molecular complexity index is 414. The van der Waals surface area contributed by atoms with Crippen molar-refractivity contribution < 1.29 is 4.79 Å². The molecule has 0 bridgehead atoms. The number of rotatable bonds is 4. The van der Waals surface area contributed by atoms with E-state index in [2.05, 4.69) is 15.6 Å². The molecule has 1 aromatic heterocycles. The van der Waals surface area contributed by atoms with Crippen LogP contribution in [0.5, 0.6) is 0 Å². The lowest BCUT2D eigenvalue weighted by Gasteiger charge is -2.21. The van der Waals surface area contributed by atoms with E-state index in [1.54, 1.807) is 6.07 Å². The van der Waals surface area contributed by atoms with Crippen LogP contribution in [0.3, 0.4) is 0 Å². The highest BCUT2D eigenvalue weighted by molar-refractivity contribution is 5.88. The Morgan fingerprint density at radius 2 is 2.11 bits per heavy atom. The first kappa shape index (κ1) is 13.8. The summed E-state index contributed by atoms with van der Waals surface area (Å²) in [6.45, 7) is 2.66. The van der Waals surface area contributed by atoms with Gasteiger partial charge in [-0.15, -0.1) is 0 Å². The van der Waals surface area contributed by atoms with Gasteiger partial charge in [0.2, 0.25) is 0 Å². The zero-order chi connectivity index (χ0) is 13.5. The number of pyridine rings is 1. The summed E-state index contributed by atoms with van der Waals surface area (Å²) in [5.41, 5.74) is 0.903. The molecule has 2 N–H and O–H groups in total. The molecule has 1 aliphatic rings. The summed E-state index contributed by atoms with van der Waals surface area (Å²) in [7, 11) is 0. The van der Waals surface area contributed by atoms with Crippen molar-refractivity contribution in [2.24, 2.45) is 5.92 Å². The second kappa shape index (κ2) is 7.12. The van der Waals surface area contributed by atoms with E-state index in [0.29, 0.717) is 5.82 Å². The van der Waals surface area contributed by atoms with Gasteiger partial charge in [-0.05, 0) is 31.4 Å². The molecule has 104 valence electrons. The van der Waals surface area contributed by atoms with E-state index < -0.39 is 0 Å². The Balaban J connectivity index is 1.67. The van der Waals surface area contributed by atoms with Crippen LogP contribution in [0.25, 0.3) is 0 Å². The molecule has 0 radical (unpaired) electrons. The summed E-state index contributed by atoms with van der Waals surface area (Å²) in [5.74, 6) is 1.40. The zero-order valence-electron chi connectivity index (χ0n) is 11.6. The van der Waals surface area contributed by atoms with Gasteiger partial charge in [-0.3, -0.25) is 5.32 Å². The third kappa shape index (κ3) is 4.89. The minimum absolute atomic E-state index is 0.158. The Hall–Kier alpha value is -1.58. The molecule has 19 heavy (non-hydrogen) atoms. The monoisotopic (exact) mass is 261 g/mol. The third-order valence-electron chi connectivity index (χ3n) is 3.69. The molecule has 0 saturated heterocycles. The van der Waals surface area contributed by atoms with Crippen molar-refractivity contribution in [1.82, 2.24) is 10.3 Å². The predicted molar refractivity (Wildman–Crippen MR) is 77.2 cm³/mol. The first-order chi connectivity index (χ1) is 9.24. The maximum atomic E-state index is 11.7. The normalized spacial score (nSPS) is 16.1. The van der Waals surface area contributed by atoms with Crippen molar-refractivity contribution in [3.8, 4) is 0 Å². The number of carbonyl (C=O) groups is 1. The molecular weight excluding hydrogens is 238 g/mol. The number of urea groups is 1. The van der Waals surface area contributed by atoms with Crippen LogP contribution in [0.4, 0.5) is 10.6 Å². The Kier molecular flexibility index (Phi) is 5.19. The van der Waals surface area contributed by atoms with Crippen LogP contribution in [-0.4, -0.2) is 17.6 Å². The lowest BCUT2D eigenvalue weighted by Crippen LogP contribution is -2.31. The van der Waals surface area contributed by atoms with Crippen LogP contribution >= 0.6 is 0 Å². The molecule has 1 fully saturated rings. The van der Waals surface area contributed by atoms with E-state index in [4.69, 9.17) is 0 Å². The largest absolute Gasteiger partial charge is 0.338 e. The number of aromatic nitrogens is 1. The standard InChI is InChI=1S/C15H23N3O/c1-12-6-5-9-14(17-12)18-15(19)16-11-10-13-7-3-2-4-8-13/h5-6,9,13H,2-4,7-8,10-11H2,1H3,(H2,16,17,18,19). The SMILES string of the molecule is Cc1cccc(NC(=O)NCCC2CCCCC2)n1. The summed E-state index contributed by atoms with van der Waals surface area (Å²) in [6, 6.07) is 5.44. The second-order valence-electron chi connectivity index (χ2n) is 5.34. The molecule has 1 aliphatic carbocycles. The molecule has 4 nitrogen and oxygen atoms in total. The number of carbonyl (C=O) groups excluding carboxylic acids is 1. The highest BCUT2D eigenvalue weighted by atomic mass is 16.2. The maximum Gasteiger partial charge on any atom is 0.320 e. The lowest BCUT2D eigenvalue weighted by molar-refractivity contribution is 0.250. The fraction of sp³-hybridized carbons (Fsp3) is 0.600. The smallest absolute Gasteiger partial charge is 0.320 e. The van der Waals surface area contributed by atoms with Crippen LogP contribution < -0.4 is 10.6 Å². The number of nitrogens with zero attached hydrogens (tertiary/aromatic N) is 1. The molecule has 0 aliphatic heterocycles. The average molecular weight is 261 g/mol. The topological polar surface area (TPSA) is 54.0 Å². The summed E-state index contributed by atoms with van der Waals surface area (Å²) in [5, 5.41) is 5.67. The van der Waals surface area contributed by atoms with Crippen molar-refractivity contribution in [3.05, 3.63) is 23.9 Å². The fourth-order valence-electron chi connectivity index (χ4n) is 2.64. The first-order valence-corrected chi connectivity index (χ1v) is 7.22. The molecule has 0 atom stereocenters. The Labute approximate surface area is 115 Å². The number of anilines is 1. The number of nitrogens with one attached hydrogen (secondary N) is 2. The van der Waals surface area contributed by atoms with Gasteiger partial charge in [-0.1, -0.05) is 38.2 Å². The molecule has 1 saturated carbocycles. The highest BCUT2D eigenvalue weighted by Crippen LogP contribution is 2.25. The van der Waals surface area contributed by atoms with Gasteiger partial charge < -0.3 is 5.32 Å². The second-order valence-corrected chi connectivity index (χ2v) is 5.34. The predicted octanol–water partition coefficient (Wildman–Crippen LogP) is 3.48. The fourth-order valence-corrected chi connectivity index (χ4v) is 2.64. The molecule has 4 heteroatoms. The number of amides is 2. The van der Waals surface area contributed by atoms with Gasteiger partial charge >= 0.3 is 6.03 Å². The van der Waals surface area contributed by atoms with Gasteiger partial charge in [0.15, 0.2) is 0 Å². The number of aryl methyl sites for hydroxylation is 1. The average Bonchev–Trinajstić information content (AvgIpc) is 2.40. The molecule has 0 unspecified atom stereocenters. The van der Waals surface area contributed by atoms with Crippen molar-refractivity contribution in [1.29, 1.82) is 0 Å². The summed E-state index contributed by atoms with van der Waals surface area (Å²) in [6.07, 6.45) is 7.82. The summed E-state index contributed by atoms with van der Waals surface area (Å²) >= 11 is 0. The molecule has 2 rings (SSSR count). The lowest BCUT2D eigenvalue weighted by atomic mass is 9.87. The first-order valence-electron chi connectivity index (χ1n) is 7.22. The minimum atomic E-state index is -0.158. The van der Waals surface area contributed by atoms with E-state index in [-0.39, 0.29) is 6.03 Å². The van der Waals surface area contributed by atoms with Crippen molar-refractivity contribution in [3.63, 3.8) is 0 Å². The molecule has 0 spiro atoms. The van der Waals surface area contributed by atoms with E-state index in [1.807, 2.05) is 19.1 Å². The van der Waals surface area contributed by atoms with Gasteiger partial charge in [0.05, 0.1) is 0 Å².